The van der Waals surface area contributed by atoms with E-state index in [1.165, 1.54) is 11.6 Å². The third-order valence-electron chi connectivity index (χ3n) is 4.49. The van der Waals surface area contributed by atoms with Crippen LogP contribution in [-0.2, 0) is 16.6 Å². The van der Waals surface area contributed by atoms with Gasteiger partial charge in [0.1, 0.15) is 0 Å². The van der Waals surface area contributed by atoms with Crippen LogP contribution in [0, 0.1) is 0 Å². The Balaban J connectivity index is 2.52. The van der Waals surface area contributed by atoms with E-state index in [1.54, 1.807) is 63.2 Å². The summed E-state index contributed by atoms with van der Waals surface area (Å²) in [5, 5.41) is 11.8. The topological polar surface area (TPSA) is 68.5 Å². The normalized spacial score (nSPS) is 12.9. The standard InChI is InChI=1S/C22H21Cl2NO4/c1-22(2,3)29-19(21(27)28)18-17(15-11-12(23)9-10-16(15)24)13-7-5-6-8-14(13)20(26)25(18)4/h5-11,19H,1-4H3,(H,27,28). The number of ether oxygens (including phenoxy) is 1. The van der Waals surface area contributed by atoms with Crippen LogP contribution in [0.3, 0.4) is 0 Å². The van der Waals surface area contributed by atoms with E-state index in [1.807, 2.05) is 0 Å². The lowest BCUT2D eigenvalue weighted by Crippen LogP contribution is -2.33. The second-order valence-electron chi connectivity index (χ2n) is 7.74. The van der Waals surface area contributed by atoms with Gasteiger partial charge in [-0.05, 0) is 50.4 Å². The van der Waals surface area contributed by atoms with Crippen molar-refractivity contribution in [3.63, 3.8) is 0 Å². The van der Waals surface area contributed by atoms with Crippen LogP contribution in [0.2, 0.25) is 10.0 Å². The molecule has 1 aromatic heterocycles. The maximum Gasteiger partial charge on any atom is 0.339 e. The molecule has 1 atom stereocenters. The maximum absolute atomic E-state index is 13.0. The number of fused-ring (bicyclic) bond motifs is 1. The summed E-state index contributed by atoms with van der Waals surface area (Å²) in [5.41, 5.74) is 0.165. The SMILES string of the molecule is Cn1c(C(OC(C)(C)C)C(=O)O)c(-c2cc(Cl)ccc2Cl)c2ccccc2c1=O. The van der Waals surface area contributed by atoms with Crippen LogP contribution in [0.15, 0.2) is 47.3 Å². The second kappa shape index (κ2) is 7.82. The minimum absolute atomic E-state index is 0.209. The van der Waals surface area contributed by atoms with Gasteiger partial charge in [-0.25, -0.2) is 4.79 Å². The molecule has 3 rings (SSSR count). The van der Waals surface area contributed by atoms with E-state index < -0.39 is 17.7 Å². The van der Waals surface area contributed by atoms with Crippen molar-refractivity contribution in [2.45, 2.75) is 32.5 Å². The minimum Gasteiger partial charge on any atom is -0.479 e. The first kappa shape index (κ1) is 21.4. The first-order valence-corrected chi connectivity index (χ1v) is 9.74. The zero-order valence-electron chi connectivity index (χ0n) is 16.5. The second-order valence-corrected chi connectivity index (χ2v) is 8.59. The molecule has 2 aromatic carbocycles. The van der Waals surface area contributed by atoms with Crippen LogP contribution in [0.1, 0.15) is 32.6 Å². The summed E-state index contributed by atoms with van der Waals surface area (Å²) >= 11 is 12.7. The molecule has 3 aromatic rings. The molecule has 0 aliphatic carbocycles. The largest absolute Gasteiger partial charge is 0.479 e. The van der Waals surface area contributed by atoms with Crippen molar-refractivity contribution in [3.05, 3.63) is 68.6 Å². The third kappa shape index (κ3) is 4.17. The van der Waals surface area contributed by atoms with Crippen molar-refractivity contribution in [1.82, 2.24) is 4.57 Å². The van der Waals surface area contributed by atoms with E-state index in [9.17, 15) is 14.7 Å². The van der Waals surface area contributed by atoms with Gasteiger partial charge in [-0.15, -0.1) is 0 Å². The van der Waals surface area contributed by atoms with Crippen molar-refractivity contribution in [2.24, 2.45) is 7.05 Å². The summed E-state index contributed by atoms with van der Waals surface area (Å²) in [7, 11) is 1.54. The molecule has 0 fully saturated rings. The van der Waals surface area contributed by atoms with E-state index >= 15 is 0 Å². The van der Waals surface area contributed by atoms with Crippen LogP contribution >= 0.6 is 23.2 Å². The highest BCUT2D eigenvalue weighted by Gasteiger charge is 2.33. The molecule has 0 aliphatic heterocycles. The highest BCUT2D eigenvalue weighted by Crippen LogP contribution is 2.40. The molecule has 0 aliphatic rings. The molecule has 0 radical (unpaired) electrons. The summed E-state index contributed by atoms with van der Waals surface area (Å²) in [6, 6.07) is 12.0. The molecule has 0 saturated carbocycles. The fraction of sp³-hybridized carbons (Fsp3) is 0.273. The van der Waals surface area contributed by atoms with Gasteiger partial charge >= 0.3 is 5.97 Å². The lowest BCUT2D eigenvalue weighted by molar-refractivity contribution is -0.161. The van der Waals surface area contributed by atoms with E-state index in [4.69, 9.17) is 27.9 Å². The number of benzene rings is 2. The molecular formula is C22H21Cl2NO4. The maximum atomic E-state index is 13.0. The first-order chi connectivity index (χ1) is 13.5. The molecule has 7 heteroatoms. The third-order valence-corrected chi connectivity index (χ3v) is 5.06. The van der Waals surface area contributed by atoms with Crippen LogP contribution < -0.4 is 5.56 Å². The molecular weight excluding hydrogens is 413 g/mol. The molecule has 5 nitrogen and oxygen atoms in total. The summed E-state index contributed by atoms with van der Waals surface area (Å²) in [6.45, 7) is 5.27. The van der Waals surface area contributed by atoms with Gasteiger partial charge in [0.25, 0.3) is 5.56 Å². The molecule has 0 bridgehead atoms. The molecule has 0 saturated heterocycles. The zero-order chi connectivity index (χ0) is 21.5. The number of aromatic nitrogens is 1. The number of hydrogen-bond donors (Lipinski definition) is 1. The first-order valence-electron chi connectivity index (χ1n) is 8.99. The van der Waals surface area contributed by atoms with Gasteiger partial charge in [-0.1, -0.05) is 41.4 Å². The summed E-state index contributed by atoms with van der Waals surface area (Å²) in [4.78, 5) is 25.2. The van der Waals surface area contributed by atoms with Gasteiger partial charge in [0.2, 0.25) is 0 Å². The Hall–Kier alpha value is -2.34. The van der Waals surface area contributed by atoms with E-state index in [0.29, 0.717) is 31.9 Å². The van der Waals surface area contributed by atoms with Crippen molar-refractivity contribution >= 4 is 39.9 Å². The van der Waals surface area contributed by atoms with Gasteiger partial charge in [0.15, 0.2) is 6.10 Å². The number of carbonyl (C=O) groups is 1. The number of carboxylic acid groups (broad SMARTS) is 1. The predicted octanol–water partition coefficient (Wildman–Crippen LogP) is 5.45. The zero-order valence-corrected chi connectivity index (χ0v) is 18.0. The highest BCUT2D eigenvalue weighted by molar-refractivity contribution is 6.35. The fourth-order valence-corrected chi connectivity index (χ4v) is 3.72. The van der Waals surface area contributed by atoms with Gasteiger partial charge < -0.3 is 14.4 Å². The number of rotatable bonds is 4. The summed E-state index contributed by atoms with van der Waals surface area (Å²) in [6.07, 6.45) is -1.39. The smallest absolute Gasteiger partial charge is 0.339 e. The highest BCUT2D eigenvalue weighted by atomic mass is 35.5. The lowest BCUT2D eigenvalue weighted by Gasteiger charge is -2.28. The van der Waals surface area contributed by atoms with Gasteiger partial charge in [0.05, 0.1) is 11.3 Å². The average molecular weight is 434 g/mol. The Labute approximate surface area is 178 Å². The van der Waals surface area contributed by atoms with Gasteiger partial charge in [-0.2, -0.15) is 0 Å². The lowest BCUT2D eigenvalue weighted by atomic mass is 9.94. The van der Waals surface area contributed by atoms with Gasteiger partial charge in [-0.3, -0.25) is 4.79 Å². The molecule has 1 heterocycles. The Kier molecular flexibility index (Phi) is 5.77. The van der Waals surface area contributed by atoms with Crippen LogP contribution in [0.4, 0.5) is 0 Å². The number of hydrogen-bond acceptors (Lipinski definition) is 3. The van der Waals surface area contributed by atoms with Crippen molar-refractivity contribution in [3.8, 4) is 11.1 Å². The minimum atomic E-state index is -1.39. The number of pyridine rings is 1. The fourth-order valence-electron chi connectivity index (χ4n) is 3.34. The van der Waals surface area contributed by atoms with E-state index in [0.717, 1.165) is 0 Å². The predicted molar refractivity (Wildman–Crippen MR) is 116 cm³/mol. The molecule has 152 valence electrons. The summed E-state index contributed by atoms with van der Waals surface area (Å²) in [5.74, 6) is -1.20. The summed E-state index contributed by atoms with van der Waals surface area (Å²) < 4.78 is 7.19. The monoisotopic (exact) mass is 433 g/mol. The molecule has 1 unspecified atom stereocenters. The Morgan fingerprint density at radius 2 is 1.72 bits per heavy atom. The Morgan fingerprint density at radius 3 is 2.31 bits per heavy atom. The van der Waals surface area contributed by atoms with Crippen LogP contribution in [0.25, 0.3) is 21.9 Å². The quantitative estimate of drug-likeness (QED) is 0.593. The molecule has 0 amide bonds. The van der Waals surface area contributed by atoms with Gasteiger partial charge in [0, 0.05) is 33.6 Å². The Morgan fingerprint density at radius 1 is 1.10 bits per heavy atom. The molecule has 0 spiro atoms. The van der Waals surface area contributed by atoms with Crippen molar-refractivity contribution in [1.29, 1.82) is 0 Å². The van der Waals surface area contributed by atoms with Crippen molar-refractivity contribution < 1.29 is 14.6 Å². The van der Waals surface area contributed by atoms with E-state index in [-0.39, 0.29) is 11.3 Å². The number of aliphatic carboxylic acids is 1. The molecule has 29 heavy (non-hydrogen) atoms. The Bertz CT molecular complexity index is 1160. The number of halogens is 2. The van der Waals surface area contributed by atoms with Crippen LogP contribution in [-0.4, -0.2) is 21.2 Å². The number of nitrogens with zero attached hydrogens (tertiary/aromatic N) is 1. The molecule has 1 N–H and O–H groups in total. The van der Waals surface area contributed by atoms with Crippen LogP contribution in [0.5, 0.6) is 0 Å². The number of carboxylic acids is 1. The average Bonchev–Trinajstić information content (AvgIpc) is 2.64. The van der Waals surface area contributed by atoms with E-state index in [2.05, 4.69) is 0 Å². The van der Waals surface area contributed by atoms with Crippen molar-refractivity contribution in [2.75, 3.05) is 0 Å².